The van der Waals surface area contributed by atoms with E-state index in [1.165, 1.54) is 17.0 Å². The molecule has 106 valence electrons. The van der Waals surface area contributed by atoms with Gasteiger partial charge < -0.3 is 10.0 Å². The third-order valence-corrected chi connectivity index (χ3v) is 2.96. The predicted octanol–water partition coefficient (Wildman–Crippen LogP) is 2.09. The molecule has 0 saturated carbocycles. The predicted molar refractivity (Wildman–Crippen MR) is 64.5 cm³/mol. The summed E-state index contributed by atoms with van der Waals surface area (Å²) in [7, 11) is 1.55. The normalized spacial score (nSPS) is 13.2. The van der Waals surface area contributed by atoms with E-state index >= 15 is 0 Å². The summed E-state index contributed by atoms with van der Waals surface area (Å²) in [5, 5.41) is 8.93. The van der Waals surface area contributed by atoms with Gasteiger partial charge in [-0.3, -0.25) is 4.79 Å². The van der Waals surface area contributed by atoms with Crippen molar-refractivity contribution in [2.45, 2.75) is 25.6 Å². The lowest BCUT2D eigenvalue weighted by molar-refractivity contribution is -0.137. The summed E-state index contributed by atoms with van der Waals surface area (Å²) in [4.78, 5) is 13.2. The Morgan fingerprint density at radius 2 is 1.84 bits per heavy atom. The average molecular weight is 275 g/mol. The van der Waals surface area contributed by atoms with Crippen molar-refractivity contribution < 1.29 is 23.1 Å². The molecule has 0 bridgehead atoms. The molecule has 1 aromatic rings. The van der Waals surface area contributed by atoms with Crippen molar-refractivity contribution in [1.29, 1.82) is 0 Å². The maximum atomic E-state index is 12.4. The van der Waals surface area contributed by atoms with Crippen LogP contribution in [0, 0.1) is 0 Å². The second-order valence-electron chi connectivity index (χ2n) is 4.41. The molecule has 0 saturated heterocycles. The highest BCUT2D eigenvalue weighted by molar-refractivity contribution is 5.78. The van der Waals surface area contributed by atoms with Gasteiger partial charge in [0, 0.05) is 7.05 Å². The molecule has 0 heterocycles. The number of carbonyl (C=O) groups excluding carboxylic acids is 1. The Bertz CT molecular complexity index is 429. The maximum absolute atomic E-state index is 12.4. The Morgan fingerprint density at radius 1 is 1.32 bits per heavy atom. The molecule has 1 atom stereocenters. The summed E-state index contributed by atoms with van der Waals surface area (Å²) in [5.74, 6) is -0.249. The van der Waals surface area contributed by atoms with Crippen LogP contribution in [-0.4, -0.2) is 35.6 Å². The first-order valence-electron chi connectivity index (χ1n) is 5.78. The van der Waals surface area contributed by atoms with Gasteiger partial charge in [-0.15, -0.1) is 0 Å². The van der Waals surface area contributed by atoms with Crippen molar-refractivity contribution in [3.05, 3.63) is 35.4 Å². The summed E-state index contributed by atoms with van der Waals surface area (Å²) in [6.45, 7) is 1.53. The first kappa shape index (κ1) is 15.5. The van der Waals surface area contributed by atoms with Gasteiger partial charge in [0.15, 0.2) is 0 Å². The Kier molecular flexibility index (Phi) is 4.94. The van der Waals surface area contributed by atoms with Crippen LogP contribution in [0.1, 0.15) is 18.1 Å². The average Bonchev–Trinajstić information content (AvgIpc) is 2.36. The van der Waals surface area contributed by atoms with E-state index < -0.39 is 11.7 Å². The molecule has 0 aliphatic rings. The van der Waals surface area contributed by atoms with E-state index in [1.54, 1.807) is 14.0 Å². The number of hydrogen-bond donors (Lipinski definition) is 1. The standard InChI is InChI=1S/C13H16F3NO2/c1-9(8-18)17(2)12(19)7-10-3-5-11(6-4-10)13(14,15)16/h3-6,9,18H,7-8H2,1-2H3. The number of likely N-dealkylation sites (N-methyl/N-ethyl adjacent to an activating group) is 1. The van der Waals surface area contributed by atoms with E-state index in [0.29, 0.717) is 5.56 Å². The number of alkyl halides is 3. The molecule has 19 heavy (non-hydrogen) atoms. The molecular weight excluding hydrogens is 259 g/mol. The fraction of sp³-hybridized carbons (Fsp3) is 0.462. The largest absolute Gasteiger partial charge is 0.416 e. The number of carbonyl (C=O) groups is 1. The molecule has 6 heteroatoms. The van der Waals surface area contributed by atoms with Crippen LogP contribution in [0.5, 0.6) is 0 Å². The van der Waals surface area contributed by atoms with Crippen LogP contribution in [0.15, 0.2) is 24.3 Å². The van der Waals surface area contributed by atoms with Gasteiger partial charge in [0.1, 0.15) is 0 Å². The molecule has 0 radical (unpaired) electrons. The van der Waals surface area contributed by atoms with Crippen molar-refractivity contribution in [2.24, 2.45) is 0 Å². The highest BCUT2D eigenvalue weighted by Gasteiger charge is 2.30. The van der Waals surface area contributed by atoms with Gasteiger partial charge in [-0.05, 0) is 24.6 Å². The molecule has 0 spiro atoms. The third kappa shape index (κ3) is 4.24. The molecule has 1 aromatic carbocycles. The van der Waals surface area contributed by atoms with Crippen molar-refractivity contribution in [3.8, 4) is 0 Å². The van der Waals surface area contributed by atoms with Gasteiger partial charge in [0.05, 0.1) is 24.6 Å². The lowest BCUT2D eigenvalue weighted by atomic mass is 10.1. The van der Waals surface area contributed by atoms with Crippen LogP contribution in [-0.2, 0) is 17.4 Å². The molecule has 0 aliphatic heterocycles. The van der Waals surface area contributed by atoms with Crippen LogP contribution in [0.4, 0.5) is 13.2 Å². The number of amides is 1. The zero-order chi connectivity index (χ0) is 14.6. The molecule has 1 unspecified atom stereocenters. The number of rotatable bonds is 4. The summed E-state index contributed by atoms with van der Waals surface area (Å²) >= 11 is 0. The number of aliphatic hydroxyl groups excluding tert-OH is 1. The third-order valence-electron chi connectivity index (χ3n) is 2.96. The Balaban J connectivity index is 2.71. The monoisotopic (exact) mass is 275 g/mol. The fourth-order valence-corrected chi connectivity index (χ4v) is 1.48. The lowest BCUT2D eigenvalue weighted by Crippen LogP contribution is -2.38. The topological polar surface area (TPSA) is 40.5 Å². The SMILES string of the molecule is CC(CO)N(C)C(=O)Cc1ccc(C(F)(F)F)cc1. The highest BCUT2D eigenvalue weighted by atomic mass is 19.4. The van der Waals surface area contributed by atoms with E-state index in [-0.39, 0.29) is 25.0 Å². The molecule has 0 aliphatic carbocycles. The summed E-state index contributed by atoms with van der Waals surface area (Å²) in [5.41, 5.74) is -0.226. The van der Waals surface area contributed by atoms with Crippen LogP contribution in [0.2, 0.25) is 0 Å². The Morgan fingerprint density at radius 3 is 2.26 bits per heavy atom. The summed E-state index contributed by atoms with van der Waals surface area (Å²) in [6, 6.07) is 4.17. The Hall–Kier alpha value is -1.56. The first-order valence-corrected chi connectivity index (χ1v) is 5.78. The molecular formula is C13H16F3NO2. The van der Waals surface area contributed by atoms with Crippen molar-refractivity contribution >= 4 is 5.91 Å². The van der Waals surface area contributed by atoms with Gasteiger partial charge in [0.25, 0.3) is 0 Å². The minimum Gasteiger partial charge on any atom is -0.394 e. The van der Waals surface area contributed by atoms with Crippen molar-refractivity contribution in [3.63, 3.8) is 0 Å². The minimum atomic E-state index is -4.37. The van der Waals surface area contributed by atoms with Crippen LogP contribution < -0.4 is 0 Å². The van der Waals surface area contributed by atoms with Crippen LogP contribution in [0.3, 0.4) is 0 Å². The number of hydrogen-bond acceptors (Lipinski definition) is 2. The van der Waals surface area contributed by atoms with E-state index in [4.69, 9.17) is 5.11 Å². The Labute approximate surface area is 109 Å². The van der Waals surface area contributed by atoms with Crippen molar-refractivity contribution in [1.82, 2.24) is 4.90 Å². The molecule has 1 amide bonds. The highest BCUT2D eigenvalue weighted by Crippen LogP contribution is 2.29. The zero-order valence-corrected chi connectivity index (χ0v) is 10.7. The van der Waals surface area contributed by atoms with E-state index in [0.717, 1.165) is 12.1 Å². The second-order valence-corrected chi connectivity index (χ2v) is 4.41. The summed E-state index contributed by atoms with van der Waals surface area (Å²) < 4.78 is 37.1. The number of halogens is 3. The molecule has 0 fully saturated rings. The number of nitrogens with zero attached hydrogens (tertiary/aromatic N) is 1. The smallest absolute Gasteiger partial charge is 0.394 e. The van der Waals surface area contributed by atoms with Crippen LogP contribution in [0.25, 0.3) is 0 Å². The van der Waals surface area contributed by atoms with Gasteiger partial charge in [-0.1, -0.05) is 12.1 Å². The fourth-order valence-electron chi connectivity index (χ4n) is 1.48. The first-order chi connectivity index (χ1) is 8.75. The molecule has 1 rings (SSSR count). The molecule has 3 nitrogen and oxygen atoms in total. The second kappa shape index (κ2) is 6.06. The van der Waals surface area contributed by atoms with Gasteiger partial charge >= 0.3 is 6.18 Å². The van der Waals surface area contributed by atoms with Gasteiger partial charge in [-0.25, -0.2) is 0 Å². The quantitative estimate of drug-likeness (QED) is 0.914. The van der Waals surface area contributed by atoms with Crippen LogP contribution >= 0.6 is 0 Å². The van der Waals surface area contributed by atoms with E-state index in [1.807, 2.05) is 0 Å². The van der Waals surface area contributed by atoms with E-state index in [2.05, 4.69) is 0 Å². The molecule has 1 N–H and O–H groups in total. The minimum absolute atomic E-state index is 0.0129. The van der Waals surface area contributed by atoms with E-state index in [9.17, 15) is 18.0 Å². The van der Waals surface area contributed by atoms with Gasteiger partial charge in [-0.2, -0.15) is 13.2 Å². The molecule has 0 aromatic heterocycles. The maximum Gasteiger partial charge on any atom is 0.416 e. The van der Waals surface area contributed by atoms with Crippen molar-refractivity contribution in [2.75, 3.05) is 13.7 Å². The number of aliphatic hydroxyl groups is 1. The number of benzene rings is 1. The summed E-state index contributed by atoms with van der Waals surface area (Å²) in [6.07, 6.45) is -4.36. The zero-order valence-electron chi connectivity index (χ0n) is 10.7. The lowest BCUT2D eigenvalue weighted by Gasteiger charge is -2.23. The van der Waals surface area contributed by atoms with Gasteiger partial charge in [0.2, 0.25) is 5.91 Å².